The Morgan fingerprint density at radius 1 is 1.53 bits per heavy atom. The smallest absolute Gasteiger partial charge is 0.215 e. The molecule has 4 heteroatoms. The minimum atomic E-state index is 0.539. The largest absolute Gasteiger partial charge is 0.478 e. The van der Waals surface area contributed by atoms with E-state index in [1.807, 2.05) is 25.1 Å². The first-order valence-corrected chi connectivity index (χ1v) is 6.08. The van der Waals surface area contributed by atoms with Crippen LogP contribution in [0.25, 0.3) is 0 Å². The van der Waals surface area contributed by atoms with E-state index < -0.39 is 0 Å². The van der Waals surface area contributed by atoms with Gasteiger partial charge in [-0.3, -0.25) is 0 Å². The Hall–Kier alpha value is -1.76. The molecule has 1 saturated carbocycles. The first-order chi connectivity index (χ1) is 8.35. The predicted molar refractivity (Wildman–Crippen MR) is 66.0 cm³/mol. The van der Waals surface area contributed by atoms with E-state index in [0.717, 1.165) is 12.4 Å². The fraction of sp³-hybridized carbons (Fsp3) is 0.538. The summed E-state index contributed by atoms with van der Waals surface area (Å²) in [7, 11) is 0. The molecule has 0 bridgehead atoms. The van der Waals surface area contributed by atoms with Gasteiger partial charge in [0.15, 0.2) is 0 Å². The number of pyridine rings is 1. The van der Waals surface area contributed by atoms with Crippen molar-refractivity contribution in [3.05, 3.63) is 18.2 Å². The van der Waals surface area contributed by atoms with Crippen LogP contribution in [-0.2, 0) is 0 Å². The Morgan fingerprint density at radius 3 is 3.00 bits per heavy atom. The first-order valence-electron chi connectivity index (χ1n) is 6.08. The maximum absolute atomic E-state index is 8.68. The topological polar surface area (TPSA) is 49.1 Å². The number of hydrogen-bond donors (Lipinski definition) is 0. The highest BCUT2D eigenvalue weighted by molar-refractivity contribution is 5.43. The highest BCUT2D eigenvalue weighted by Crippen LogP contribution is 2.31. The molecular formula is C13H17N3O. The third-order valence-corrected chi connectivity index (χ3v) is 2.75. The quantitative estimate of drug-likeness (QED) is 0.754. The maximum atomic E-state index is 8.68. The number of aromatic nitrogens is 1. The SMILES string of the molecule is CCOc1cccc(N(CCC#N)C2CC2)n1. The molecule has 0 N–H and O–H groups in total. The van der Waals surface area contributed by atoms with E-state index in [4.69, 9.17) is 10.00 Å². The Bertz CT molecular complexity index is 409. The van der Waals surface area contributed by atoms with Crippen LogP contribution in [0.3, 0.4) is 0 Å². The van der Waals surface area contributed by atoms with Crippen molar-refractivity contribution < 1.29 is 4.74 Å². The Morgan fingerprint density at radius 2 is 2.35 bits per heavy atom. The third-order valence-electron chi connectivity index (χ3n) is 2.75. The van der Waals surface area contributed by atoms with Gasteiger partial charge in [0.1, 0.15) is 5.82 Å². The Balaban J connectivity index is 2.11. The molecule has 1 aromatic rings. The number of nitriles is 1. The molecule has 1 heterocycles. The standard InChI is InChI=1S/C13H17N3O/c1-2-17-13-6-3-5-12(15-13)16(10-4-9-14)11-7-8-11/h3,5-6,11H,2,4,7-8,10H2,1H3. The van der Waals surface area contributed by atoms with Crippen LogP contribution in [0, 0.1) is 11.3 Å². The number of hydrogen-bond acceptors (Lipinski definition) is 4. The van der Waals surface area contributed by atoms with Crippen LogP contribution < -0.4 is 9.64 Å². The normalized spacial score (nSPS) is 14.1. The Labute approximate surface area is 102 Å². The summed E-state index contributed by atoms with van der Waals surface area (Å²) in [5, 5.41) is 8.68. The summed E-state index contributed by atoms with van der Waals surface area (Å²) in [4.78, 5) is 6.69. The fourth-order valence-electron chi connectivity index (χ4n) is 1.83. The van der Waals surface area contributed by atoms with Gasteiger partial charge in [0, 0.05) is 18.7 Å². The van der Waals surface area contributed by atoms with Gasteiger partial charge < -0.3 is 9.64 Å². The molecule has 90 valence electrons. The average Bonchev–Trinajstić information content (AvgIpc) is 3.15. The lowest BCUT2D eigenvalue weighted by molar-refractivity contribution is 0.327. The van der Waals surface area contributed by atoms with Crippen LogP contribution in [0.4, 0.5) is 5.82 Å². The molecule has 1 aliphatic carbocycles. The second-order valence-electron chi connectivity index (χ2n) is 4.10. The lowest BCUT2D eigenvalue weighted by atomic mass is 10.3. The molecule has 1 fully saturated rings. The van der Waals surface area contributed by atoms with Crippen LogP contribution in [0.1, 0.15) is 26.2 Å². The van der Waals surface area contributed by atoms with Crippen LogP contribution >= 0.6 is 0 Å². The second-order valence-corrected chi connectivity index (χ2v) is 4.10. The summed E-state index contributed by atoms with van der Waals surface area (Å²) in [5.41, 5.74) is 0. The maximum Gasteiger partial charge on any atom is 0.215 e. The summed E-state index contributed by atoms with van der Waals surface area (Å²) >= 11 is 0. The van der Waals surface area contributed by atoms with Crippen molar-refractivity contribution in [3.8, 4) is 11.9 Å². The van der Waals surface area contributed by atoms with Crippen LogP contribution in [-0.4, -0.2) is 24.2 Å². The summed E-state index contributed by atoms with van der Waals surface area (Å²) in [6.45, 7) is 3.32. The summed E-state index contributed by atoms with van der Waals surface area (Å²) < 4.78 is 5.40. The van der Waals surface area contributed by atoms with E-state index in [0.29, 0.717) is 24.9 Å². The van der Waals surface area contributed by atoms with Crippen molar-refractivity contribution in [2.75, 3.05) is 18.1 Å². The number of anilines is 1. The highest BCUT2D eigenvalue weighted by atomic mass is 16.5. The van der Waals surface area contributed by atoms with E-state index in [-0.39, 0.29) is 0 Å². The lowest BCUT2D eigenvalue weighted by Gasteiger charge is -2.22. The third kappa shape index (κ3) is 3.10. The lowest BCUT2D eigenvalue weighted by Crippen LogP contribution is -2.27. The van der Waals surface area contributed by atoms with E-state index in [1.54, 1.807) is 0 Å². The van der Waals surface area contributed by atoms with Crippen LogP contribution in [0.5, 0.6) is 5.88 Å². The molecule has 0 atom stereocenters. The zero-order valence-corrected chi connectivity index (χ0v) is 10.1. The number of nitrogens with zero attached hydrogens (tertiary/aromatic N) is 3. The van der Waals surface area contributed by atoms with Gasteiger partial charge in [0.05, 0.1) is 19.1 Å². The summed E-state index contributed by atoms with van der Waals surface area (Å²) in [6, 6.07) is 8.55. The minimum absolute atomic E-state index is 0.539. The predicted octanol–water partition coefficient (Wildman–Crippen LogP) is 2.36. The zero-order chi connectivity index (χ0) is 12.1. The van der Waals surface area contributed by atoms with Gasteiger partial charge >= 0.3 is 0 Å². The molecule has 0 saturated heterocycles. The molecule has 0 aromatic carbocycles. The molecular weight excluding hydrogens is 214 g/mol. The van der Waals surface area contributed by atoms with E-state index in [1.165, 1.54) is 12.8 Å². The number of rotatable bonds is 6. The van der Waals surface area contributed by atoms with Gasteiger partial charge in [-0.05, 0) is 25.8 Å². The highest BCUT2D eigenvalue weighted by Gasteiger charge is 2.29. The monoisotopic (exact) mass is 231 g/mol. The van der Waals surface area contributed by atoms with Crippen molar-refractivity contribution in [1.29, 1.82) is 5.26 Å². The molecule has 0 unspecified atom stereocenters. The van der Waals surface area contributed by atoms with Crippen LogP contribution in [0.15, 0.2) is 18.2 Å². The zero-order valence-electron chi connectivity index (χ0n) is 10.1. The van der Waals surface area contributed by atoms with E-state index >= 15 is 0 Å². The van der Waals surface area contributed by atoms with Crippen molar-refractivity contribution in [1.82, 2.24) is 4.98 Å². The van der Waals surface area contributed by atoms with Gasteiger partial charge in [-0.15, -0.1) is 0 Å². The molecule has 0 aliphatic heterocycles. The Kier molecular flexibility index (Phi) is 3.81. The van der Waals surface area contributed by atoms with Gasteiger partial charge in [-0.25, -0.2) is 0 Å². The second kappa shape index (κ2) is 5.53. The van der Waals surface area contributed by atoms with Gasteiger partial charge in [0.25, 0.3) is 0 Å². The van der Waals surface area contributed by atoms with Crippen molar-refractivity contribution in [2.45, 2.75) is 32.2 Å². The fourth-order valence-corrected chi connectivity index (χ4v) is 1.83. The van der Waals surface area contributed by atoms with Gasteiger partial charge in [-0.1, -0.05) is 6.07 Å². The number of ether oxygens (including phenoxy) is 1. The minimum Gasteiger partial charge on any atom is -0.478 e. The molecule has 0 amide bonds. The molecule has 0 spiro atoms. The molecule has 17 heavy (non-hydrogen) atoms. The van der Waals surface area contributed by atoms with Crippen molar-refractivity contribution in [2.24, 2.45) is 0 Å². The van der Waals surface area contributed by atoms with E-state index in [2.05, 4.69) is 16.0 Å². The molecule has 4 nitrogen and oxygen atoms in total. The molecule has 2 rings (SSSR count). The average molecular weight is 231 g/mol. The van der Waals surface area contributed by atoms with Crippen LogP contribution in [0.2, 0.25) is 0 Å². The van der Waals surface area contributed by atoms with E-state index in [9.17, 15) is 0 Å². The summed E-state index contributed by atoms with van der Waals surface area (Å²) in [5.74, 6) is 1.58. The van der Waals surface area contributed by atoms with Crippen molar-refractivity contribution >= 4 is 5.82 Å². The van der Waals surface area contributed by atoms with Gasteiger partial charge in [0.2, 0.25) is 5.88 Å². The molecule has 0 radical (unpaired) electrons. The van der Waals surface area contributed by atoms with Crippen molar-refractivity contribution in [3.63, 3.8) is 0 Å². The first kappa shape index (κ1) is 11.7. The molecule has 1 aliphatic rings. The summed E-state index contributed by atoms with van der Waals surface area (Å²) in [6.07, 6.45) is 2.94. The molecule has 1 aromatic heterocycles. The van der Waals surface area contributed by atoms with Gasteiger partial charge in [-0.2, -0.15) is 10.2 Å².